The number of aryl methyl sites for hydroxylation is 1. The Balaban J connectivity index is 2.36. The highest BCUT2D eigenvalue weighted by Gasteiger charge is 2.27. The van der Waals surface area contributed by atoms with Gasteiger partial charge in [0.25, 0.3) is 0 Å². The molecule has 0 N–H and O–H groups in total. The molecule has 142 valence electrons. The number of carbonyl (C=O) groups excluding carboxylic acids is 1. The number of hydrogen-bond donors (Lipinski definition) is 0. The third-order valence-corrected chi connectivity index (χ3v) is 5.82. The third kappa shape index (κ3) is 4.72. The van der Waals surface area contributed by atoms with Crippen molar-refractivity contribution in [3.05, 3.63) is 53.9 Å². The molecule has 0 aliphatic heterocycles. The Morgan fingerprint density at radius 2 is 1.81 bits per heavy atom. The number of esters is 1. The molecule has 2 rings (SSSR count). The van der Waals surface area contributed by atoms with Crippen molar-refractivity contribution >= 4 is 16.0 Å². The molecule has 0 fully saturated rings. The molecule has 1 aromatic heterocycles. The van der Waals surface area contributed by atoms with Gasteiger partial charge in [-0.05, 0) is 25.7 Å². The SMILES string of the molecule is COC(=O)c1cc(S(=O)(=O)N(CCN(C)C)Cc2ccccc2)cn1C. The minimum absolute atomic E-state index is 0.0788. The zero-order valence-electron chi connectivity index (χ0n) is 15.5. The number of aromatic nitrogens is 1. The first-order valence-corrected chi connectivity index (χ1v) is 9.63. The van der Waals surface area contributed by atoms with Gasteiger partial charge in [-0.15, -0.1) is 0 Å². The molecule has 2 aromatic rings. The molecule has 0 spiro atoms. The van der Waals surface area contributed by atoms with Crippen LogP contribution in [0.2, 0.25) is 0 Å². The fourth-order valence-electron chi connectivity index (χ4n) is 2.51. The van der Waals surface area contributed by atoms with E-state index in [1.54, 1.807) is 7.05 Å². The van der Waals surface area contributed by atoms with Crippen LogP contribution >= 0.6 is 0 Å². The third-order valence-electron chi connectivity index (χ3n) is 4.01. The normalized spacial score (nSPS) is 11.9. The van der Waals surface area contributed by atoms with Gasteiger partial charge >= 0.3 is 5.97 Å². The van der Waals surface area contributed by atoms with E-state index in [2.05, 4.69) is 0 Å². The van der Waals surface area contributed by atoms with Crippen molar-refractivity contribution in [1.29, 1.82) is 0 Å². The predicted octanol–water partition coefficient (Wildman–Crippen LogP) is 1.56. The number of hydrogen-bond acceptors (Lipinski definition) is 5. The van der Waals surface area contributed by atoms with Crippen LogP contribution in [0.25, 0.3) is 0 Å². The minimum Gasteiger partial charge on any atom is -0.464 e. The lowest BCUT2D eigenvalue weighted by Crippen LogP contribution is -2.36. The quantitative estimate of drug-likeness (QED) is 0.651. The second kappa shape index (κ2) is 8.48. The molecule has 0 saturated carbocycles. The molecule has 0 aliphatic carbocycles. The second-order valence-corrected chi connectivity index (χ2v) is 8.23. The zero-order chi connectivity index (χ0) is 19.3. The minimum atomic E-state index is -3.76. The lowest BCUT2D eigenvalue weighted by atomic mass is 10.2. The summed E-state index contributed by atoms with van der Waals surface area (Å²) < 4.78 is 33.9. The van der Waals surface area contributed by atoms with Crippen LogP contribution in [0.5, 0.6) is 0 Å². The molecule has 0 amide bonds. The smallest absolute Gasteiger partial charge is 0.354 e. The van der Waals surface area contributed by atoms with Crippen molar-refractivity contribution in [2.24, 2.45) is 7.05 Å². The Kier molecular flexibility index (Phi) is 6.57. The summed E-state index contributed by atoms with van der Waals surface area (Å²) in [4.78, 5) is 13.8. The summed E-state index contributed by atoms with van der Waals surface area (Å²) >= 11 is 0. The van der Waals surface area contributed by atoms with Crippen LogP contribution < -0.4 is 0 Å². The molecule has 0 radical (unpaired) electrons. The van der Waals surface area contributed by atoms with Crippen molar-refractivity contribution in [2.45, 2.75) is 11.4 Å². The Morgan fingerprint density at radius 1 is 1.15 bits per heavy atom. The Hall–Kier alpha value is -2.16. The first-order valence-electron chi connectivity index (χ1n) is 8.19. The first-order chi connectivity index (χ1) is 12.3. The fourth-order valence-corrected chi connectivity index (χ4v) is 4.01. The standard InChI is InChI=1S/C18H25N3O4S/c1-19(2)10-11-21(13-15-8-6-5-7-9-15)26(23,24)16-12-17(18(22)25-4)20(3)14-16/h5-9,12,14H,10-11,13H2,1-4H3. The number of nitrogens with zero attached hydrogens (tertiary/aromatic N) is 3. The topological polar surface area (TPSA) is 71.8 Å². The molecule has 8 heteroatoms. The number of sulfonamides is 1. The molecule has 0 bridgehead atoms. The summed E-state index contributed by atoms with van der Waals surface area (Å²) in [5, 5.41) is 0. The molecular weight excluding hydrogens is 354 g/mol. The predicted molar refractivity (Wildman–Crippen MR) is 99.3 cm³/mol. The molecule has 0 aliphatic rings. The number of benzene rings is 1. The van der Waals surface area contributed by atoms with Crippen molar-refractivity contribution in [2.75, 3.05) is 34.3 Å². The molecule has 1 aromatic carbocycles. The Labute approximate surface area is 154 Å². The van der Waals surface area contributed by atoms with Crippen molar-refractivity contribution in [3.8, 4) is 0 Å². The van der Waals surface area contributed by atoms with Gasteiger partial charge < -0.3 is 14.2 Å². The van der Waals surface area contributed by atoms with Gasteiger partial charge in [-0.1, -0.05) is 30.3 Å². The summed E-state index contributed by atoms with van der Waals surface area (Å²) in [7, 11) is 2.91. The maximum atomic E-state index is 13.2. The van der Waals surface area contributed by atoms with E-state index in [1.165, 1.54) is 28.2 Å². The average Bonchev–Trinajstić information content (AvgIpc) is 3.01. The number of likely N-dealkylation sites (N-methyl/N-ethyl adjacent to an activating group) is 1. The molecule has 0 saturated heterocycles. The van der Waals surface area contributed by atoms with Crippen LogP contribution in [0.1, 0.15) is 16.1 Å². The second-order valence-electron chi connectivity index (χ2n) is 6.29. The molecule has 0 unspecified atom stereocenters. The molecular formula is C18H25N3O4S. The first kappa shape index (κ1) is 20.2. The largest absolute Gasteiger partial charge is 0.464 e. The van der Waals surface area contributed by atoms with Crippen molar-refractivity contribution < 1.29 is 17.9 Å². The number of rotatable bonds is 8. The lowest BCUT2D eigenvalue weighted by molar-refractivity contribution is 0.0590. The Morgan fingerprint density at radius 3 is 2.38 bits per heavy atom. The lowest BCUT2D eigenvalue weighted by Gasteiger charge is -2.23. The summed E-state index contributed by atoms with van der Waals surface area (Å²) in [5.41, 5.74) is 1.09. The maximum Gasteiger partial charge on any atom is 0.354 e. The average molecular weight is 379 g/mol. The summed E-state index contributed by atoms with van der Waals surface area (Å²) in [6.07, 6.45) is 1.44. The fraction of sp³-hybridized carbons (Fsp3) is 0.389. The maximum absolute atomic E-state index is 13.2. The van der Waals surface area contributed by atoms with Crippen LogP contribution in [0, 0.1) is 0 Å². The van der Waals surface area contributed by atoms with E-state index in [0.717, 1.165) is 5.56 Å². The van der Waals surface area contributed by atoms with Gasteiger partial charge in [0, 0.05) is 32.9 Å². The highest BCUT2D eigenvalue weighted by molar-refractivity contribution is 7.89. The van der Waals surface area contributed by atoms with Crippen LogP contribution in [0.15, 0.2) is 47.5 Å². The van der Waals surface area contributed by atoms with E-state index in [4.69, 9.17) is 4.74 Å². The Bertz CT molecular complexity index is 845. The van der Waals surface area contributed by atoms with E-state index < -0.39 is 16.0 Å². The van der Waals surface area contributed by atoms with Gasteiger partial charge in [-0.25, -0.2) is 13.2 Å². The highest BCUT2D eigenvalue weighted by Crippen LogP contribution is 2.21. The van der Waals surface area contributed by atoms with Gasteiger partial charge in [-0.2, -0.15) is 4.31 Å². The van der Waals surface area contributed by atoms with Crippen LogP contribution in [-0.4, -0.2) is 62.5 Å². The van der Waals surface area contributed by atoms with Gasteiger partial charge in [0.2, 0.25) is 10.0 Å². The summed E-state index contributed by atoms with van der Waals surface area (Å²) in [6.45, 7) is 1.19. The molecule has 7 nitrogen and oxygen atoms in total. The van der Waals surface area contributed by atoms with Crippen LogP contribution in [0.4, 0.5) is 0 Å². The van der Waals surface area contributed by atoms with Crippen LogP contribution in [-0.2, 0) is 28.4 Å². The van der Waals surface area contributed by atoms with Gasteiger partial charge in [0.1, 0.15) is 10.6 Å². The monoisotopic (exact) mass is 379 g/mol. The van der Waals surface area contributed by atoms with E-state index in [-0.39, 0.29) is 17.1 Å². The summed E-state index contributed by atoms with van der Waals surface area (Å²) in [6, 6.07) is 10.8. The van der Waals surface area contributed by atoms with E-state index in [0.29, 0.717) is 13.1 Å². The van der Waals surface area contributed by atoms with Crippen LogP contribution in [0.3, 0.4) is 0 Å². The summed E-state index contributed by atoms with van der Waals surface area (Å²) in [5.74, 6) is -0.572. The number of methoxy groups -OCH3 is 1. The number of carbonyl (C=O) groups is 1. The van der Waals surface area contributed by atoms with Crippen molar-refractivity contribution in [3.63, 3.8) is 0 Å². The van der Waals surface area contributed by atoms with Gasteiger partial charge in [0.15, 0.2) is 0 Å². The molecule has 26 heavy (non-hydrogen) atoms. The highest BCUT2D eigenvalue weighted by atomic mass is 32.2. The van der Waals surface area contributed by atoms with E-state index in [1.807, 2.05) is 49.3 Å². The molecule has 0 atom stereocenters. The van der Waals surface area contributed by atoms with E-state index in [9.17, 15) is 13.2 Å². The molecule has 1 heterocycles. The van der Waals surface area contributed by atoms with Gasteiger partial charge in [0.05, 0.1) is 7.11 Å². The number of ether oxygens (including phenoxy) is 1. The zero-order valence-corrected chi connectivity index (χ0v) is 16.4. The van der Waals surface area contributed by atoms with Gasteiger partial charge in [-0.3, -0.25) is 0 Å². The van der Waals surface area contributed by atoms with E-state index >= 15 is 0 Å². The van der Waals surface area contributed by atoms with Crippen molar-refractivity contribution in [1.82, 2.24) is 13.8 Å².